The molecular weight excluding hydrogens is 474 g/mol. The molecule has 0 bridgehead atoms. The normalized spacial score (nSPS) is 15.4. The molecule has 3 aromatic carbocycles. The highest BCUT2D eigenvalue weighted by Crippen LogP contribution is 2.26. The van der Waals surface area contributed by atoms with E-state index in [4.69, 9.17) is 0 Å². The SMILES string of the molecule is CC(C)N(Cc1ccc(C(=O)N2CCN(S(=O)(=O)c3ccc4ccc(O)cc4c3)CC2)cc1)C(C)C. The van der Waals surface area contributed by atoms with Crippen LogP contribution in [-0.4, -0.2) is 71.8 Å². The topological polar surface area (TPSA) is 81.2 Å². The van der Waals surface area contributed by atoms with Gasteiger partial charge in [-0.3, -0.25) is 9.69 Å². The fourth-order valence-electron chi connectivity index (χ4n) is 4.76. The predicted octanol–water partition coefficient (Wildman–Crippen LogP) is 4.31. The van der Waals surface area contributed by atoms with E-state index in [1.807, 2.05) is 24.3 Å². The Labute approximate surface area is 214 Å². The van der Waals surface area contributed by atoms with Gasteiger partial charge in [-0.05, 0) is 80.4 Å². The van der Waals surface area contributed by atoms with Gasteiger partial charge >= 0.3 is 0 Å². The summed E-state index contributed by atoms with van der Waals surface area (Å²) in [7, 11) is -3.70. The van der Waals surface area contributed by atoms with Crippen LogP contribution in [0.4, 0.5) is 0 Å². The summed E-state index contributed by atoms with van der Waals surface area (Å²) in [5.41, 5.74) is 1.78. The fraction of sp³-hybridized carbons (Fsp3) is 0.393. The zero-order valence-corrected chi connectivity index (χ0v) is 22.2. The molecule has 0 atom stereocenters. The van der Waals surface area contributed by atoms with Gasteiger partial charge < -0.3 is 10.0 Å². The van der Waals surface area contributed by atoms with Gasteiger partial charge in [-0.15, -0.1) is 0 Å². The lowest BCUT2D eigenvalue weighted by Crippen LogP contribution is -2.50. The Kier molecular flexibility index (Phi) is 7.68. The Morgan fingerprint density at radius 2 is 1.47 bits per heavy atom. The highest BCUT2D eigenvalue weighted by Gasteiger charge is 2.30. The first-order valence-corrected chi connectivity index (χ1v) is 13.9. The standard InChI is InChI=1S/C28H35N3O4S/c1-20(2)31(21(3)4)19-22-5-7-24(8-6-22)28(33)29-13-15-30(16-14-29)36(34,35)27-12-10-23-9-11-26(32)17-25(23)18-27/h5-12,17-18,20-21,32H,13-16,19H2,1-4H3. The lowest BCUT2D eigenvalue weighted by molar-refractivity contribution is 0.0698. The third kappa shape index (κ3) is 5.56. The van der Waals surface area contributed by atoms with Gasteiger partial charge in [0, 0.05) is 50.4 Å². The number of aromatic hydroxyl groups is 1. The minimum atomic E-state index is -3.70. The number of carbonyl (C=O) groups excluding carboxylic acids is 1. The number of hydrogen-bond acceptors (Lipinski definition) is 5. The lowest BCUT2D eigenvalue weighted by atomic mass is 10.1. The Hall–Kier alpha value is -2.94. The van der Waals surface area contributed by atoms with Gasteiger partial charge in [0.05, 0.1) is 4.90 Å². The van der Waals surface area contributed by atoms with E-state index in [-0.39, 0.29) is 29.6 Å². The third-order valence-corrected chi connectivity index (χ3v) is 8.75. The molecule has 1 aliphatic rings. The molecule has 0 aliphatic carbocycles. The summed E-state index contributed by atoms with van der Waals surface area (Å²) >= 11 is 0. The minimum absolute atomic E-state index is 0.0793. The van der Waals surface area contributed by atoms with E-state index in [1.54, 1.807) is 41.3 Å². The van der Waals surface area contributed by atoms with E-state index in [2.05, 4.69) is 32.6 Å². The van der Waals surface area contributed by atoms with Crippen molar-refractivity contribution in [1.29, 1.82) is 0 Å². The third-order valence-electron chi connectivity index (χ3n) is 6.85. The van der Waals surface area contributed by atoms with Crippen molar-refractivity contribution < 1.29 is 18.3 Å². The maximum Gasteiger partial charge on any atom is 0.253 e. The molecule has 1 aliphatic heterocycles. The number of fused-ring (bicyclic) bond motifs is 1. The molecule has 36 heavy (non-hydrogen) atoms. The van der Waals surface area contributed by atoms with Crippen LogP contribution in [0.5, 0.6) is 5.75 Å². The number of phenols is 1. The maximum absolute atomic E-state index is 13.2. The molecule has 0 saturated carbocycles. The summed E-state index contributed by atoms with van der Waals surface area (Å²) in [6, 6.07) is 18.4. The zero-order chi connectivity index (χ0) is 26.0. The van der Waals surface area contributed by atoms with E-state index in [9.17, 15) is 18.3 Å². The Morgan fingerprint density at radius 1 is 0.861 bits per heavy atom. The molecule has 7 nitrogen and oxygen atoms in total. The van der Waals surface area contributed by atoms with Crippen molar-refractivity contribution in [3.8, 4) is 5.75 Å². The Bertz CT molecular complexity index is 1320. The summed E-state index contributed by atoms with van der Waals surface area (Å²) in [6.45, 7) is 10.7. The maximum atomic E-state index is 13.2. The molecule has 0 spiro atoms. The Balaban J connectivity index is 1.40. The van der Waals surface area contributed by atoms with Crippen molar-refractivity contribution in [1.82, 2.24) is 14.1 Å². The summed E-state index contributed by atoms with van der Waals surface area (Å²) in [6.07, 6.45) is 0. The highest BCUT2D eigenvalue weighted by atomic mass is 32.2. The van der Waals surface area contributed by atoms with Crippen LogP contribution in [0.2, 0.25) is 0 Å². The van der Waals surface area contributed by atoms with Crippen LogP contribution >= 0.6 is 0 Å². The largest absolute Gasteiger partial charge is 0.508 e. The van der Waals surface area contributed by atoms with Crippen LogP contribution in [0, 0.1) is 0 Å². The van der Waals surface area contributed by atoms with Gasteiger partial charge in [0.15, 0.2) is 0 Å². The number of phenolic OH excluding ortho intramolecular Hbond substituents is 1. The van der Waals surface area contributed by atoms with Crippen LogP contribution in [-0.2, 0) is 16.6 Å². The van der Waals surface area contributed by atoms with Crippen molar-refractivity contribution in [3.05, 3.63) is 71.8 Å². The van der Waals surface area contributed by atoms with Gasteiger partial charge in [0.2, 0.25) is 10.0 Å². The van der Waals surface area contributed by atoms with Crippen molar-refractivity contribution >= 4 is 26.7 Å². The number of sulfonamides is 1. The number of piperazine rings is 1. The first-order chi connectivity index (χ1) is 17.1. The first kappa shape index (κ1) is 26.1. The van der Waals surface area contributed by atoms with Crippen LogP contribution in [0.15, 0.2) is 65.6 Å². The quantitative estimate of drug-likeness (QED) is 0.513. The van der Waals surface area contributed by atoms with Gasteiger partial charge in [0.1, 0.15) is 5.75 Å². The van der Waals surface area contributed by atoms with Gasteiger partial charge in [-0.2, -0.15) is 4.31 Å². The minimum Gasteiger partial charge on any atom is -0.508 e. The van der Waals surface area contributed by atoms with Crippen molar-refractivity contribution in [2.45, 2.75) is 51.2 Å². The van der Waals surface area contributed by atoms with E-state index in [1.165, 1.54) is 4.31 Å². The molecule has 3 aromatic rings. The molecule has 1 saturated heterocycles. The second-order valence-corrected chi connectivity index (χ2v) is 11.9. The van der Waals surface area contributed by atoms with Crippen molar-refractivity contribution in [3.63, 3.8) is 0 Å². The molecule has 0 aromatic heterocycles. The lowest BCUT2D eigenvalue weighted by Gasteiger charge is -2.34. The molecule has 192 valence electrons. The number of amides is 1. The Morgan fingerprint density at radius 3 is 2.08 bits per heavy atom. The van der Waals surface area contributed by atoms with E-state index < -0.39 is 10.0 Å². The molecule has 0 radical (unpaired) electrons. The van der Waals surface area contributed by atoms with E-state index in [0.717, 1.165) is 17.5 Å². The van der Waals surface area contributed by atoms with E-state index in [0.29, 0.717) is 36.1 Å². The number of rotatable bonds is 7. The smallest absolute Gasteiger partial charge is 0.253 e. The second kappa shape index (κ2) is 10.6. The predicted molar refractivity (Wildman–Crippen MR) is 143 cm³/mol. The molecule has 1 fully saturated rings. The summed E-state index contributed by atoms with van der Waals surface area (Å²) in [5.74, 6) is 0.0127. The number of nitrogens with zero attached hydrogens (tertiary/aromatic N) is 3. The number of benzene rings is 3. The fourth-order valence-corrected chi connectivity index (χ4v) is 6.22. The van der Waals surface area contributed by atoms with Crippen molar-refractivity contribution in [2.75, 3.05) is 26.2 Å². The average molecular weight is 510 g/mol. The average Bonchev–Trinajstić information content (AvgIpc) is 2.86. The van der Waals surface area contributed by atoms with Gasteiger partial charge in [-0.1, -0.05) is 24.3 Å². The van der Waals surface area contributed by atoms with Crippen LogP contribution in [0.25, 0.3) is 10.8 Å². The summed E-state index contributed by atoms with van der Waals surface area (Å²) < 4.78 is 27.9. The number of hydrogen-bond donors (Lipinski definition) is 1. The van der Waals surface area contributed by atoms with Gasteiger partial charge in [0.25, 0.3) is 5.91 Å². The summed E-state index contributed by atoms with van der Waals surface area (Å²) in [4.78, 5) is 17.4. The first-order valence-electron chi connectivity index (χ1n) is 12.4. The van der Waals surface area contributed by atoms with Crippen LogP contribution < -0.4 is 0 Å². The molecule has 1 heterocycles. The molecule has 4 rings (SSSR count). The summed E-state index contributed by atoms with van der Waals surface area (Å²) in [5, 5.41) is 11.3. The monoisotopic (exact) mass is 509 g/mol. The van der Waals surface area contributed by atoms with Crippen LogP contribution in [0.3, 0.4) is 0 Å². The van der Waals surface area contributed by atoms with E-state index >= 15 is 0 Å². The molecule has 1 N–H and O–H groups in total. The van der Waals surface area contributed by atoms with Gasteiger partial charge in [-0.25, -0.2) is 8.42 Å². The van der Waals surface area contributed by atoms with Crippen molar-refractivity contribution in [2.24, 2.45) is 0 Å². The highest BCUT2D eigenvalue weighted by molar-refractivity contribution is 7.89. The zero-order valence-electron chi connectivity index (χ0n) is 21.4. The number of carbonyl (C=O) groups is 1. The molecule has 0 unspecified atom stereocenters. The molecule has 1 amide bonds. The second-order valence-electron chi connectivity index (χ2n) is 9.95. The molecule has 8 heteroatoms. The molecular formula is C28H35N3O4S. The van der Waals surface area contributed by atoms with Crippen LogP contribution in [0.1, 0.15) is 43.6 Å².